The summed E-state index contributed by atoms with van der Waals surface area (Å²) in [6.45, 7) is 9.45. The Hall–Kier alpha value is -2.04. The van der Waals surface area contributed by atoms with Crippen molar-refractivity contribution in [2.45, 2.75) is 39.8 Å². The summed E-state index contributed by atoms with van der Waals surface area (Å²) in [6.07, 6.45) is 0. The minimum Gasteiger partial charge on any atom is -0.352 e. The van der Waals surface area contributed by atoms with Crippen molar-refractivity contribution >= 4 is 11.9 Å². The Morgan fingerprint density at radius 3 is 2.24 bits per heavy atom. The lowest BCUT2D eigenvalue weighted by Gasteiger charge is -2.23. The molecule has 0 atom stereocenters. The van der Waals surface area contributed by atoms with Crippen molar-refractivity contribution in [1.29, 1.82) is 0 Å². The van der Waals surface area contributed by atoms with Gasteiger partial charge in [0.1, 0.15) is 0 Å². The molecule has 0 heterocycles. The molecule has 0 aliphatic carbocycles. The van der Waals surface area contributed by atoms with Crippen LogP contribution in [0.15, 0.2) is 29.3 Å². The van der Waals surface area contributed by atoms with Gasteiger partial charge in [-0.3, -0.25) is 9.79 Å². The zero-order valence-electron chi connectivity index (χ0n) is 13.6. The van der Waals surface area contributed by atoms with Gasteiger partial charge in [-0.05, 0) is 45.4 Å². The molecule has 0 radical (unpaired) electrons. The van der Waals surface area contributed by atoms with Crippen LogP contribution in [0.2, 0.25) is 0 Å². The van der Waals surface area contributed by atoms with E-state index in [-0.39, 0.29) is 11.4 Å². The van der Waals surface area contributed by atoms with Crippen LogP contribution in [0, 0.1) is 0 Å². The summed E-state index contributed by atoms with van der Waals surface area (Å²) < 4.78 is 0. The van der Waals surface area contributed by atoms with E-state index >= 15 is 0 Å². The van der Waals surface area contributed by atoms with Crippen molar-refractivity contribution in [2.75, 3.05) is 13.6 Å². The second kappa shape index (κ2) is 7.67. The van der Waals surface area contributed by atoms with Crippen molar-refractivity contribution in [2.24, 2.45) is 4.99 Å². The first kappa shape index (κ1) is 17.0. The monoisotopic (exact) mass is 290 g/mol. The molecule has 0 aliphatic heterocycles. The van der Waals surface area contributed by atoms with E-state index < -0.39 is 0 Å². The Morgan fingerprint density at radius 2 is 1.76 bits per heavy atom. The zero-order chi connectivity index (χ0) is 15.9. The molecule has 21 heavy (non-hydrogen) atoms. The number of amides is 1. The molecular formula is C16H26N4O. The van der Waals surface area contributed by atoms with Crippen LogP contribution >= 0.6 is 0 Å². The lowest BCUT2D eigenvalue weighted by Crippen LogP contribution is -2.47. The molecule has 0 bridgehead atoms. The van der Waals surface area contributed by atoms with Gasteiger partial charge in [0.25, 0.3) is 5.91 Å². The van der Waals surface area contributed by atoms with E-state index in [0.29, 0.717) is 18.7 Å². The van der Waals surface area contributed by atoms with Gasteiger partial charge >= 0.3 is 0 Å². The first-order valence-electron chi connectivity index (χ1n) is 7.21. The molecule has 1 amide bonds. The molecule has 0 unspecified atom stereocenters. The molecule has 5 heteroatoms. The highest BCUT2D eigenvalue weighted by Gasteiger charge is 2.11. The van der Waals surface area contributed by atoms with Crippen LogP contribution in [-0.2, 0) is 6.54 Å². The second-order valence-electron chi connectivity index (χ2n) is 5.86. The third kappa shape index (κ3) is 6.29. The number of nitrogens with zero attached hydrogens (tertiary/aromatic N) is 1. The lowest BCUT2D eigenvalue weighted by atomic mass is 10.1. The Morgan fingerprint density at radius 1 is 1.14 bits per heavy atom. The summed E-state index contributed by atoms with van der Waals surface area (Å²) in [5, 5.41) is 9.33. The summed E-state index contributed by atoms with van der Waals surface area (Å²) in [7, 11) is 1.75. The van der Waals surface area contributed by atoms with E-state index in [1.165, 1.54) is 0 Å². The van der Waals surface area contributed by atoms with Crippen molar-refractivity contribution in [3.8, 4) is 0 Å². The highest BCUT2D eigenvalue weighted by atomic mass is 16.1. The van der Waals surface area contributed by atoms with Gasteiger partial charge in [0, 0.05) is 31.2 Å². The number of guanidine groups is 1. The number of rotatable bonds is 4. The molecule has 116 valence electrons. The third-order valence-electron chi connectivity index (χ3n) is 2.73. The summed E-state index contributed by atoms with van der Waals surface area (Å²) in [4.78, 5) is 15.9. The van der Waals surface area contributed by atoms with E-state index in [1.54, 1.807) is 7.05 Å². The summed E-state index contributed by atoms with van der Waals surface area (Å²) >= 11 is 0. The summed E-state index contributed by atoms with van der Waals surface area (Å²) in [5.74, 6) is 0.720. The highest BCUT2D eigenvalue weighted by Crippen LogP contribution is 2.05. The number of benzene rings is 1. The fourth-order valence-electron chi connectivity index (χ4n) is 1.76. The minimum absolute atomic E-state index is 0.0378. The number of aliphatic imine (C=N–C) groups is 1. The summed E-state index contributed by atoms with van der Waals surface area (Å²) in [5.41, 5.74) is 1.74. The average molecular weight is 290 g/mol. The smallest absolute Gasteiger partial charge is 0.251 e. The molecule has 1 aromatic carbocycles. The van der Waals surface area contributed by atoms with Crippen molar-refractivity contribution < 1.29 is 4.79 Å². The van der Waals surface area contributed by atoms with Crippen LogP contribution in [0.1, 0.15) is 43.6 Å². The largest absolute Gasteiger partial charge is 0.352 e. The molecule has 0 saturated heterocycles. The quantitative estimate of drug-likeness (QED) is 0.586. The van der Waals surface area contributed by atoms with Gasteiger partial charge in [-0.25, -0.2) is 0 Å². The molecule has 3 N–H and O–H groups in total. The molecule has 0 spiro atoms. The van der Waals surface area contributed by atoms with Crippen molar-refractivity contribution in [3.05, 3.63) is 35.4 Å². The lowest BCUT2D eigenvalue weighted by molar-refractivity contribution is 0.0956. The van der Waals surface area contributed by atoms with E-state index in [4.69, 9.17) is 0 Å². The Bertz CT molecular complexity index is 486. The van der Waals surface area contributed by atoms with E-state index in [1.807, 2.05) is 31.2 Å². The Balaban J connectivity index is 2.58. The maximum absolute atomic E-state index is 11.7. The van der Waals surface area contributed by atoms with Gasteiger partial charge in [0.2, 0.25) is 0 Å². The average Bonchev–Trinajstić information content (AvgIpc) is 2.43. The fourth-order valence-corrected chi connectivity index (χ4v) is 1.76. The Kier molecular flexibility index (Phi) is 6.21. The minimum atomic E-state index is -0.0396. The van der Waals surface area contributed by atoms with E-state index in [0.717, 1.165) is 11.5 Å². The van der Waals surface area contributed by atoms with Gasteiger partial charge in [-0.2, -0.15) is 0 Å². The normalized spacial score (nSPS) is 12.0. The standard InChI is InChI=1S/C16H26N4O/c1-6-18-14(21)13-9-7-12(8-10-13)11-19-15(17-5)20-16(2,3)4/h7-10H,6,11H2,1-5H3,(H,18,21)(H2,17,19,20). The van der Waals surface area contributed by atoms with Gasteiger partial charge in [-0.15, -0.1) is 0 Å². The molecule has 1 aromatic rings. The van der Waals surface area contributed by atoms with E-state index in [9.17, 15) is 4.79 Å². The molecule has 0 saturated carbocycles. The maximum Gasteiger partial charge on any atom is 0.251 e. The van der Waals surface area contributed by atoms with Crippen LogP contribution in [0.4, 0.5) is 0 Å². The molecule has 5 nitrogen and oxygen atoms in total. The Labute approximate surface area is 127 Å². The second-order valence-corrected chi connectivity index (χ2v) is 5.86. The zero-order valence-corrected chi connectivity index (χ0v) is 13.6. The first-order valence-corrected chi connectivity index (χ1v) is 7.21. The highest BCUT2D eigenvalue weighted by molar-refractivity contribution is 5.94. The number of nitrogens with one attached hydrogen (secondary N) is 3. The molecule has 0 aliphatic rings. The summed E-state index contributed by atoms with van der Waals surface area (Å²) in [6, 6.07) is 7.56. The van der Waals surface area contributed by atoms with Gasteiger partial charge in [0.05, 0.1) is 0 Å². The number of hydrogen-bond donors (Lipinski definition) is 3. The molecule has 0 fully saturated rings. The van der Waals surface area contributed by atoms with Crippen LogP contribution < -0.4 is 16.0 Å². The fraction of sp³-hybridized carbons (Fsp3) is 0.500. The van der Waals surface area contributed by atoms with Crippen LogP contribution in [-0.4, -0.2) is 31.0 Å². The number of carbonyl (C=O) groups excluding carboxylic acids is 1. The van der Waals surface area contributed by atoms with Crippen molar-refractivity contribution in [3.63, 3.8) is 0 Å². The van der Waals surface area contributed by atoms with Gasteiger partial charge in [-0.1, -0.05) is 12.1 Å². The van der Waals surface area contributed by atoms with Crippen LogP contribution in [0.3, 0.4) is 0 Å². The van der Waals surface area contributed by atoms with Crippen molar-refractivity contribution in [1.82, 2.24) is 16.0 Å². The molecule has 1 rings (SSSR count). The maximum atomic E-state index is 11.7. The van der Waals surface area contributed by atoms with Gasteiger partial charge in [0.15, 0.2) is 5.96 Å². The van der Waals surface area contributed by atoms with Crippen LogP contribution in [0.25, 0.3) is 0 Å². The van der Waals surface area contributed by atoms with Crippen LogP contribution in [0.5, 0.6) is 0 Å². The SMILES string of the molecule is CCNC(=O)c1ccc(CNC(=NC)NC(C)(C)C)cc1. The molecular weight excluding hydrogens is 264 g/mol. The topological polar surface area (TPSA) is 65.5 Å². The first-order chi connectivity index (χ1) is 9.85. The number of carbonyl (C=O) groups is 1. The predicted molar refractivity (Wildman–Crippen MR) is 87.5 cm³/mol. The predicted octanol–water partition coefficient (Wildman–Crippen LogP) is 1.90. The number of hydrogen-bond acceptors (Lipinski definition) is 2. The van der Waals surface area contributed by atoms with Gasteiger partial charge < -0.3 is 16.0 Å². The molecule has 0 aromatic heterocycles. The third-order valence-corrected chi connectivity index (χ3v) is 2.73. The van der Waals surface area contributed by atoms with E-state index in [2.05, 4.69) is 41.7 Å².